The van der Waals surface area contributed by atoms with Crippen LogP contribution in [0.5, 0.6) is 0 Å². The Morgan fingerprint density at radius 3 is 2.33 bits per heavy atom. The van der Waals surface area contributed by atoms with Gasteiger partial charge in [-0.3, -0.25) is 4.79 Å². The summed E-state index contributed by atoms with van der Waals surface area (Å²) in [6.45, 7) is 2.58. The molecule has 110 valence electrons. The van der Waals surface area contributed by atoms with Gasteiger partial charge in [0.2, 0.25) is 0 Å². The number of rotatable bonds is 4. The molecule has 0 bridgehead atoms. The van der Waals surface area contributed by atoms with E-state index in [0.29, 0.717) is 12.1 Å². The average molecular weight is 286 g/mol. The summed E-state index contributed by atoms with van der Waals surface area (Å²) >= 11 is 0. The molecule has 0 spiro atoms. The molecule has 2 rings (SSSR count). The van der Waals surface area contributed by atoms with Crippen LogP contribution in [0.25, 0.3) is 0 Å². The van der Waals surface area contributed by atoms with Crippen molar-refractivity contribution in [3.63, 3.8) is 0 Å². The minimum absolute atomic E-state index is 0.0457. The van der Waals surface area contributed by atoms with Crippen molar-refractivity contribution in [2.24, 2.45) is 0 Å². The smallest absolute Gasteiger partial charge is 0.254 e. The predicted octanol–water partition coefficient (Wildman–Crippen LogP) is 3.24. The van der Waals surface area contributed by atoms with Crippen molar-refractivity contribution < 1.29 is 9.18 Å². The first-order valence-electron chi connectivity index (χ1n) is 6.89. The van der Waals surface area contributed by atoms with Gasteiger partial charge in [0.25, 0.3) is 5.91 Å². The Labute approximate surface area is 124 Å². The molecule has 1 amide bonds. The number of nitrogens with zero attached hydrogens (tertiary/aromatic N) is 1. The number of hydrogen-bond acceptors (Lipinski definition) is 2. The Bertz CT molecular complexity index is 638. The molecule has 0 saturated heterocycles. The third kappa shape index (κ3) is 3.60. The van der Waals surface area contributed by atoms with Gasteiger partial charge in [-0.25, -0.2) is 4.39 Å². The van der Waals surface area contributed by atoms with E-state index in [4.69, 9.17) is 5.73 Å². The maximum Gasteiger partial charge on any atom is 0.254 e. The monoisotopic (exact) mass is 286 g/mol. The fourth-order valence-corrected chi connectivity index (χ4v) is 2.11. The summed E-state index contributed by atoms with van der Waals surface area (Å²) in [5.74, 6) is -0.796. The van der Waals surface area contributed by atoms with Crippen LogP contribution in [0, 0.1) is 5.82 Å². The molecule has 0 heterocycles. The molecule has 0 aliphatic carbocycles. The molecule has 0 atom stereocenters. The van der Waals surface area contributed by atoms with Crippen LogP contribution >= 0.6 is 0 Å². The highest BCUT2D eigenvalue weighted by Crippen LogP contribution is 2.15. The predicted molar refractivity (Wildman–Crippen MR) is 82.4 cm³/mol. The van der Waals surface area contributed by atoms with Crippen LogP contribution in [0.3, 0.4) is 0 Å². The molecule has 4 heteroatoms. The quantitative estimate of drug-likeness (QED) is 0.877. The van der Waals surface area contributed by atoms with E-state index in [1.165, 1.54) is 23.8 Å². The number of nitrogen functional groups attached to an aromatic ring is 1. The van der Waals surface area contributed by atoms with Crippen LogP contribution in [-0.4, -0.2) is 17.9 Å². The molecule has 0 saturated carbocycles. The summed E-state index contributed by atoms with van der Waals surface area (Å²) < 4.78 is 13.4. The lowest BCUT2D eigenvalue weighted by Gasteiger charge is -2.17. The van der Waals surface area contributed by atoms with Crippen molar-refractivity contribution in [3.8, 4) is 0 Å². The van der Waals surface area contributed by atoms with Gasteiger partial charge in [-0.05, 0) is 35.7 Å². The van der Waals surface area contributed by atoms with Crippen LogP contribution < -0.4 is 5.73 Å². The van der Waals surface area contributed by atoms with Crippen LogP contribution in [0.4, 0.5) is 10.1 Å². The molecule has 2 aromatic rings. The number of carbonyl (C=O) groups is 1. The Morgan fingerprint density at radius 2 is 1.76 bits per heavy atom. The molecular formula is C17H19FN2O. The van der Waals surface area contributed by atoms with Crippen molar-refractivity contribution in [1.82, 2.24) is 4.90 Å². The Hall–Kier alpha value is -2.36. The van der Waals surface area contributed by atoms with Crippen molar-refractivity contribution in [2.45, 2.75) is 19.9 Å². The van der Waals surface area contributed by atoms with Gasteiger partial charge in [-0.15, -0.1) is 0 Å². The van der Waals surface area contributed by atoms with Gasteiger partial charge in [-0.2, -0.15) is 0 Å². The van der Waals surface area contributed by atoms with Gasteiger partial charge in [0.1, 0.15) is 5.82 Å². The standard InChI is InChI=1S/C17H19FN2O/c1-3-12-4-6-13(7-5-12)11-20(2)17(21)14-8-9-16(19)15(18)10-14/h4-10H,3,11,19H2,1-2H3. The number of anilines is 1. The number of hydrogen-bond donors (Lipinski definition) is 1. The third-order valence-electron chi connectivity index (χ3n) is 3.45. The van der Waals surface area contributed by atoms with Crippen LogP contribution in [0.2, 0.25) is 0 Å². The second-order valence-corrected chi connectivity index (χ2v) is 5.07. The van der Waals surface area contributed by atoms with E-state index in [1.54, 1.807) is 11.9 Å². The van der Waals surface area contributed by atoms with Gasteiger partial charge in [0.05, 0.1) is 5.69 Å². The minimum Gasteiger partial charge on any atom is -0.396 e. The lowest BCUT2D eigenvalue weighted by molar-refractivity contribution is 0.0784. The lowest BCUT2D eigenvalue weighted by Crippen LogP contribution is -2.26. The van der Waals surface area contributed by atoms with Crippen LogP contribution in [0.1, 0.15) is 28.4 Å². The lowest BCUT2D eigenvalue weighted by atomic mass is 10.1. The van der Waals surface area contributed by atoms with E-state index in [2.05, 4.69) is 19.1 Å². The van der Waals surface area contributed by atoms with Gasteiger partial charge in [0, 0.05) is 19.2 Å². The summed E-state index contributed by atoms with van der Waals surface area (Å²) in [4.78, 5) is 13.8. The Morgan fingerprint density at radius 1 is 1.14 bits per heavy atom. The van der Waals surface area contributed by atoms with E-state index in [0.717, 1.165) is 12.0 Å². The second kappa shape index (κ2) is 6.39. The minimum atomic E-state index is -0.568. The number of aryl methyl sites for hydroxylation is 1. The van der Waals surface area contributed by atoms with E-state index < -0.39 is 5.82 Å². The molecule has 0 unspecified atom stereocenters. The normalized spacial score (nSPS) is 10.4. The zero-order valence-electron chi connectivity index (χ0n) is 12.3. The fourth-order valence-electron chi connectivity index (χ4n) is 2.11. The molecule has 3 nitrogen and oxygen atoms in total. The van der Waals surface area contributed by atoms with E-state index in [9.17, 15) is 9.18 Å². The average Bonchev–Trinajstić information content (AvgIpc) is 2.50. The largest absolute Gasteiger partial charge is 0.396 e. The first-order chi connectivity index (χ1) is 10.0. The molecule has 0 aliphatic rings. The maximum absolute atomic E-state index is 13.4. The SMILES string of the molecule is CCc1ccc(CN(C)C(=O)c2ccc(N)c(F)c2)cc1. The molecule has 2 aromatic carbocycles. The van der Waals surface area contributed by atoms with Crippen molar-refractivity contribution in [1.29, 1.82) is 0 Å². The van der Waals surface area contributed by atoms with Crippen molar-refractivity contribution in [2.75, 3.05) is 12.8 Å². The third-order valence-corrected chi connectivity index (χ3v) is 3.45. The molecule has 0 aromatic heterocycles. The maximum atomic E-state index is 13.4. The molecule has 0 radical (unpaired) electrons. The summed E-state index contributed by atoms with van der Waals surface area (Å²) in [5.41, 5.74) is 8.06. The summed E-state index contributed by atoms with van der Waals surface area (Å²) in [6.07, 6.45) is 0.986. The summed E-state index contributed by atoms with van der Waals surface area (Å²) in [5, 5.41) is 0. The zero-order chi connectivity index (χ0) is 15.4. The summed E-state index contributed by atoms with van der Waals surface area (Å²) in [7, 11) is 1.70. The number of benzene rings is 2. The Kier molecular flexibility index (Phi) is 4.58. The highest BCUT2D eigenvalue weighted by atomic mass is 19.1. The highest BCUT2D eigenvalue weighted by Gasteiger charge is 2.13. The molecular weight excluding hydrogens is 267 g/mol. The van der Waals surface area contributed by atoms with Crippen molar-refractivity contribution in [3.05, 3.63) is 65.0 Å². The number of halogens is 1. The highest BCUT2D eigenvalue weighted by molar-refractivity contribution is 5.94. The topological polar surface area (TPSA) is 46.3 Å². The van der Waals surface area contributed by atoms with Crippen molar-refractivity contribution >= 4 is 11.6 Å². The van der Waals surface area contributed by atoms with Crippen LogP contribution in [-0.2, 0) is 13.0 Å². The molecule has 21 heavy (non-hydrogen) atoms. The van der Waals surface area contributed by atoms with Gasteiger partial charge >= 0.3 is 0 Å². The number of carbonyl (C=O) groups excluding carboxylic acids is 1. The zero-order valence-corrected chi connectivity index (χ0v) is 12.3. The summed E-state index contributed by atoms with van der Waals surface area (Å²) in [6, 6.07) is 12.2. The van der Waals surface area contributed by atoms with Gasteiger partial charge < -0.3 is 10.6 Å². The number of amides is 1. The van der Waals surface area contributed by atoms with Gasteiger partial charge in [0.15, 0.2) is 0 Å². The fraction of sp³-hybridized carbons (Fsp3) is 0.235. The van der Waals surface area contributed by atoms with E-state index in [1.807, 2.05) is 12.1 Å². The van der Waals surface area contributed by atoms with Crippen LogP contribution in [0.15, 0.2) is 42.5 Å². The molecule has 0 fully saturated rings. The Balaban J connectivity index is 2.09. The van der Waals surface area contributed by atoms with Gasteiger partial charge in [-0.1, -0.05) is 31.2 Å². The molecule has 2 N–H and O–H groups in total. The number of nitrogens with two attached hydrogens (primary N) is 1. The van der Waals surface area contributed by atoms with E-state index in [-0.39, 0.29) is 11.6 Å². The second-order valence-electron chi connectivity index (χ2n) is 5.07. The molecule has 0 aliphatic heterocycles. The first-order valence-corrected chi connectivity index (χ1v) is 6.89. The van der Waals surface area contributed by atoms with E-state index >= 15 is 0 Å². The first kappa shape index (κ1) is 15.0.